The highest BCUT2D eigenvalue weighted by atomic mass is 16.4. The third-order valence-corrected chi connectivity index (χ3v) is 5.11. The molecule has 4 rings (SSSR count). The number of carboxylic acids is 1. The lowest BCUT2D eigenvalue weighted by molar-refractivity contribution is -0.140. The molecule has 2 aliphatic rings. The number of carbonyl (C=O) groups is 2. The van der Waals surface area contributed by atoms with E-state index in [9.17, 15) is 9.59 Å². The maximum Gasteiger partial charge on any atom is 0.322 e. The number of rotatable bonds is 2. The van der Waals surface area contributed by atoms with E-state index in [0.29, 0.717) is 18.7 Å². The average Bonchev–Trinajstić information content (AvgIpc) is 2.99. The monoisotopic (exact) mass is 327 g/mol. The molecule has 0 spiro atoms. The van der Waals surface area contributed by atoms with Gasteiger partial charge < -0.3 is 20.3 Å². The van der Waals surface area contributed by atoms with Gasteiger partial charge >= 0.3 is 5.97 Å². The molecule has 0 bridgehead atoms. The molecule has 1 aromatic carbocycles. The maximum absolute atomic E-state index is 12.8. The lowest BCUT2D eigenvalue weighted by Crippen LogP contribution is -2.55. The summed E-state index contributed by atoms with van der Waals surface area (Å²) in [6.07, 6.45) is 4.53. The summed E-state index contributed by atoms with van der Waals surface area (Å²) in [6.45, 7) is 1.24. The van der Waals surface area contributed by atoms with Gasteiger partial charge in [0.1, 0.15) is 6.04 Å². The summed E-state index contributed by atoms with van der Waals surface area (Å²) in [5.74, 6) is -1.00. The number of aryl methyl sites for hydroxylation is 2. The molecule has 1 aliphatic carbocycles. The van der Waals surface area contributed by atoms with Crippen LogP contribution in [0.1, 0.15) is 34.5 Å². The van der Waals surface area contributed by atoms with Crippen LogP contribution in [0, 0.1) is 0 Å². The molecule has 126 valence electrons. The van der Waals surface area contributed by atoms with Gasteiger partial charge in [0.25, 0.3) is 5.91 Å². The van der Waals surface area contributed by atoms with Gasteiger partial charge in [-0.2, -0.15) is 0 Å². The summed E-state index contributed by atoms with van der Waals surface area (Å²) in [7, 11) is 0. The number of aromatic nitrogens is 1. The topological polar surface area (TPSA) is 85.4 Å². The van der Waals surface area contributed by atoms with Crippen LogP contribution in [0.3, 0.4) is 0 Å². The van der Waals surface area contributed by atoms with Gasteiger partial charge in [0.2, 0.25) is 0 Å². The number of nitrogens with zero attached hydrogens (tertiary/aromatic N) is 1. The van der Waals surface area contributed by atoms with Gasteiger partial charge in [0.15, 0.2) is 0 Å². The highest BCUT2D eigenvalue weighted by molar-refractivity contribution is 5.99. The molecule has 6 nitrogen and oxygen atoms in total. The molecule has 1 unspecified atom stereocenters. The zero-order chi connectivity index (χ0) is 16.7. The van der Waals surface area contributed by atoms with E-state index in [0.717, 1.165) is 23.7 Å². The highest BCUT2D eigenvalue weighted by Gasteiger charge is 2.28. The number of aromatic amines is 1. The summed E-state index contributed by atoms with van der Waals surface area (Å²) in [5.41, 5.74) is 4.37. The van der Waals surface area contributed by atoms with Crippen molar-refractivity contribution in [2.24, 2.45) is 0 Å². The number of fused-ring (bicyclic) bond motifs is 3. The van der Waals surface area contributed by atoms with E-state index in [-0.39, 0.29) is 12.5 Å². The molecule has 1 fully saturated rings. The van der Waals surface area contributed by atoms with Gasteiger partial charge in [0.05, 0.1) is 0 Å². The van der Waals surface area contributed by atoms with Gasteiger partial charge in [-0.1, -0.05) is 0 Å². The minimum absolute atomic E-state index is 0.0876. The molecule has 0 saturated carbocycles. The summed E-state index contributed by atoms with van der Waals surface area (Å²) in [6, 6.07) is 5.09. The van der Waals surface area contributed by atoms with Crippen LogP contribution in [0.25, 0.3) is 10.9 Å². The number of carbonyl (C=O) groups excluding carboxylic acids is 1. The number of nitrogens with one attached hydrogen (secondary N) is 2. The van der Waals surface area contributed by atoms with E-state index in [2.05, 4.69) is 10.3 Å². The summed E-state index contributed by atoms with van der Waals surface area (Å²) < 4.78 is 0. The lowest BCUT2D eigenvalue weighted by atomic mass is 9.95. The normalized spacial score (nSPS) is 20.8. The Kier molecular flexibility index (Phi) is 3.76. The molecule has 1 aromatic heterocycles. The molecule has 2 heterocycles. The van der Waals surface area contributed by atoms with Crippen molar-refractivity contribution in [3.05, 3.63) is 35.0 Å². The number of carboxylic acid groups (broad SMARTS) is 1. The second-order valence-electron chi connectivity index (χ2n) is 6.65. The summed E-state index contributed by atoms with van der Waals surface area (Å²) >= 11 is 0. The number of aliphatic carboxylic acids is 1. The van der Waals surface area contributed by atoms with E-state index in [4.69, 9.17) is 5.11 Å². The van der Waals surface area contributed by atoms with Crippen molar-refractivity contribution < 1.29 is 14.7 Å². The van der Waals surface area contributed by atoms with Gasteiger partial charge in [-0.25, -0.2) is 0 Å². The molecular formula is C18H21N3O3. The van der Waals surface area contributed by atoms with Crippen molar-refractivity contribution in [3.63, 3.8) is 0 Å². The molecule has 1 amide bonds. The molecule has 1 aliphatic heterocycles. The molecular weight excluding hydrogens is 306 g/mol. The number of benzene rings is 1. The van der Waals surface area contributed by atoms with Crippen LogP contribution in [-0.2, 0) is 17.6 Å². The average molecular weight is 327 g/mol. The second kappa shape index (κ2) is 5.94. The van der Waals surface area contributed by atoms with Gasteiger partial charge in [0, 0.05) is 41.8 Å². The smallest absolute Gasteiger partial charge is 0.322 e. The predicted molar refractivity (Wildman–Crippen MR) is 90.3 cm³/mol. The minimum Gasteiger partial charge on any atom is -0.480 e. The van der Waals surface area contributed by atoms with E-state index in [1.807, 2.05) is 18.2 Å². The lowest BCUT2D eigenvalue weighted by Gasteiger charge is -2.31. The summed E-state index contributed by atoms with van der Waals surface area (Å²) in [5, 5.41) is 13.2. The van der Waals surface area contributed by atoms with Crippen molar-refractivity contribution in [1.29, 1.82) is 0 Å². The first-order valence-electron chi connectivity index (χ1n) is 8.52. The second-order valence-corrected chi connectivity index (χ2v) is 6.65. The Morgan fingerprint density at radius 1 is 1.21 bits per heavy atom. The maximum atomic E-state index is 12.8. The van der Waals surface area contributed by atoms with Gasteiger partial charge in [-0.05, 0) is 49.4 Å². The van der Waals surface area contributed by atoms with Gasteiger partial charge in [-0.3, -0.25) is 9.59 Å². The first-order chi connectivity index (χ1) is 11.6. The molecule has 0 radical (unpaired) electrons. The van der Waals surface area contributed by atoms with Crippen molar-refractivity contribution in [2.45, 2.75) is 31.7 Å². The van der Waals surface area contributed by atoms with Crippen LogP contribution in [-0.4, -0.2) is 52.5 Å². The van der Waals surface area contributed by atoms with E-state index in [1.54, 1.807) is 4.90 Å². The molecule has 2 aromatic rings. The van der Waals surface area contributed by atoms with Crippen molar-refractivity contribution >= 4 is 22.8 Å². The molecule has 3 N–H and O–H groups in total. The largest absolute Gasteiger partial charge is 0.480 e. The Bertz CT molecular complexity index is 811. The first-order valence-corrected chi connectivity index (χ1v) is 8.52. The number of piperazine rings is 1. The van der Waals surface area contributed by atoms with E-state index < -0.39 is 12.0 Å². The Morgan fingerprint density at radius 2 is 2.04 bits per heavy atom. The zero-order valence-electron chi connectivity index (χ0n) is 13.5. The van der Waals surface area contributed by atoms with E-state index in [1.165, 1.54) is 24.1 Å². The number of H-pyrrole nitrogens is 1. The van der Waals surface area contributed by atoms with Crippen LogP contribution in [0.5, 0.6) is 0 Å². The Balaban J connectivity index is 1.63. The fourth-order valence-corrected chi connectivity index (χ4v) is 3.82. The molecule has 1 saturated heterocycles. The summed E-state index contributed by atoms with van der Waals surface area (Å²) in [4.78, 5) is 29.1. The molecule has 1 atom stereocenters. The van der Waals surface area contributed by atoms with Crippen molar-refractivity contribution in [3.8, 4) is 0 Å². The minimum atomic E-state index is -0.914. The Hall–Kier alpha value is -2.34. The van der Waals surface area contributed by atoms with E-state index >= 15 is 0 Å². The van der Waals surface area contributed by atoms with Crippen molar-refractivity contribution in [2.75, 3.05) is 19.6 Å². The first kappa shape index (κ1) is 15.2. The zero-order valence-corrected chi connectivity index (χ0v) is 13.5. The highest BCUT2D eigenvalue weighted by Crippen LogP contribution is 2.30. The van der Waals surface area contributed by atoms with Crippen LogP contribution in [0.15, 0.2) is 18.2 Å². The number of amides is 1. The molecule has 6 heteroatoms. The standard InChI is InChI=1S/C18H21N3O3/c22-17(21-8-7-19-16(10-21)18(23)24)11-5-6-15-13(9-11)12-3-1-2-4-14(12)20-15/h5-6,9,16,19-20H,1-4,7-8,10H2,(H,23,24). The van der Waals surface area contributed by atoms with Crippen molar-refractivity contribution in [1.82, 2.24) is 15.2 Å². The van der Waals surface area contributed by atoms with Crippen LogP contribution in [0.4, 0.5) is 0 Å². The SMILES string of the molecule is O=C(O)C1CN(C(=O)c2ccc3[nH]c4c(c3c2)CCCC4)CCN1. The number of hydrogen-bond donors (Lipinski definition) is 3. The fourth-order valence-electron chi connectivity index (χ4n) is 3.82. The van der Waals surface area contributed by atoms with Gasteiger partial charge in [-0.15, -0.1) is 0 Å². The Labute approximate surface area is 139 Å². The number of hydrogen-bond acceptors (Lipinski definition) is 3. The predicted octanol–water partition coefficient (Wildman–Crippen LogP) is 1.55. The van der Waals surface area contributed by atoms with Crippen LogP contribution in [0.2, 0.25) is 0 Å². The fraction of sp³-hybridized carbons (Fsp3) is 0.444. The molecule has 24 heavy (non-hydrogen) atoms. The quantitative estimate of drug-likeness (QED) is 0.781. The van der Waals surface area contributed by atoms with Crippen LogP contribution >= 0.6 is 0 Å². The third-order valence-electron chi connectivity index (χ3n) is 5.11. The Morgan fingerprint density at radius 3 is 2.88 bits per heavy atom. The van der Waals surface area contributed by atoms with Crippen LogP contribution < -0.4 is 5.32 Å². The third kappa shape index (κ3) is 2.57.